The predicted molar refractivity (Wildman–Crippen MR) is 241 cm³/mol. The molecule has 41 heteroatoms. The molecule has 75 heavy (non-hydrogen) atoms. The number of methoxy groups -OCH3 is 1. The number of alkyl halides is 1. The van der Waals surface area contributed by atoms with Crippen molar-refractivity contribution >= 4 is 65.4 Å². The van der Waals surface area contributed by atoms with Crippen LogP contribution in [-0.2, 0) is 75.7 Å². The van der Waals surface area contributed by atoms with Crippen LogP contribution in [0.1, 0.15) is 32.5 Å². The normalized spacial score (nSPS) is 30.5. The van der Waals surface area contributed by atoms with Gasteiger partial charge in [0.1, 0.15) is 60.7 Å². The Labute approximate surface area is 417 Å². The smallest absolute Gasteiger partial charge is 0.386 e. The van der Waals surface area contributed by atoms with Crippen molar-refractivity contribution in [3.8, 4) is 0 Å². The summed E-state index contributed by atoms with van der Waals surface area (Å²) in [5, 5.41) is 22.2. The largest absolute Gasteiger partial charge is 0.490 e. The van der Waals surface area contributed by atoms with E-state index in [1.807, 2.05) is 4.98 Å². The second kappa shape index (κ2) is 21.6. The minimum Gasteiger partial charge on any atom is -0.386 e. The van der Waals surface area contributed by atoms with Crippen molar-refractivity contribution in [2.75, 3.05) is 38.4 Å². The Balaban J connectivity index is 0.937. The molecule has 12 N–H and O–H groups in total. The maximum atomic E-state index is 16.6. The Morgan fingerprint density at radius 2 is 1.43 bits per heavy atom. The van der Waals surface area contributed by atoms with Gasteiger partial charge >= 0.3 is 42.6 Å². The van der Waals surface area contributed by atoms with Crippen molar-refractivity contribution in [1.82, 2.24) is 43.6 Å². The topological polar surface area (TPSA) is 496 Å². The molecule has 5 aromatic heterocycles. The number of hydrogen-bond donors (Lipinski definition) is 10. The van der Waals surface area contributed by atoms with E-state index >= 15 is 4.39 Å². The number of rotatable bonds is 21. The number of phosphoric acid groups is 4. The van der Waals surface area contributed by atoms with Gasteiger partial charge in [0, 0.05) is 19.4 Å². The lowest BCUT2D eigenvalue weighted by Crippen LogP contribution is -2.46. The zero-order chi connectivity index (χ0) is 54.7. The fourth-order valence-electron chi connectivity index (χ4n) is 8.27. The van der Waals surface area contributed by atoms with Crippen molar-refractivity contribution in [3.63, 3.8) is 0 Å². The summed E-state index contributed by atoms with van der Waals surface area (Å²) < 4.78 is 130. The van der Waals surface area contributed by atoms with Gasteiger partial charge in [0.2, 0.25) is 11.7 Å². The van der Waals surface area contributed by atoms with Crippen LogP contribution >= 0.6 is 31.3 Å². The number of aromatic nitrogens is 10. The molecule has 0 radical (unpaired) electrons. The molecule has 3 saturated heterocycles. The highest BCUT2D eigenvalue weighted by Crippen LogP contribution is 2.68. The molecule has 5 aromatic rings. The number of aromatic amines is 2. The molecule has 3 aliphatic heterocycles. The summed E-state index contributed by atoms with van der Waals surface area (Å²) >= 11 is 0. The van der Waals surface area contributed by atoms with Crippen molar-refractivity contribution in [1.29, 1.82) is 0 Å². The number of nitrogens with one attached hydrogen (secondary N) is 2. The number of imidazole rings is 2. The van der Waals surface area contributed by atoms with Crippen molar-refractivity contribution < 1.29 is 107 Å². The number of nitrogen functional groups attached to an aromatic ring is 2. The number of nitrogens with zero attached hydrogens (tertiary/aromatic N) is 8. The molecule has 7 unspecified atom stereocenters. The highest BCUT2D eigenvalue weighted by atomic mass is 31.3. The van der Waals surface area contributed by atoms with Crippen LogP contribution in [0.2, 0.25) is 0 Å². The van der Waals surface area contributed by atoms with Crippen LogP contribution in [-0.4, -0.2) is 161 Å². The summed E-state index contributed by atoms with van der Waals surface area (Å²) in [6.45, 7) is -0.261. The van der Waals surface area contributed by atoms with Crippen LogP contribution in [0, 0.1) is 0 Å². The summed E-state index contributed by atoms with van der Waals surface area (Å²) in [7, 11) is -21.0. The van der Waals surface area contributed by atoms with Crippen LogP contribution in [0.25, 0.3) is 22.3 Å². The Bertz CT molecular complexity index is 3310. The molecular weight excluding hydrogens is 1100 g/mol. The number of anilines is 2. The Morgan fingerprint density at radius 1 is 0.813 bits per heavy atom. The SMILES string of the molecule is CO[C@@H]1C(O)[C@H]([n+]2cn(C)c3c(=O)[nH]c(N)nc32)O[C@@H]1COP(=O)(O)OP(=O)(O)OP(=O)(O)OC[C@H]1O[C@@H](n2cnc3c(N)ncnc32)C(F)[C@H]1OP(=O)(O)OC[C@H]1O[C@@H](n2ccc(=O)[nH]c2=O)C(O)[C@H]1OC(C)C. The molecule has 0 aromatic carbocycles. The van der Waals surface area contributed by atoms with Gasteiger partial charge in [-0.25, -0.2) is 47.0 Å². The van der Waals surface area contributed by atoms with Gasteiger partial charge in [-0.1, -0.05) is 4.98 Å². The molecular formula is C34H48FN12O24P4+. The Hall–Kier alpha value is -4.65. The molecule has 0 spiro atoms. The molecule has 414 valence electrons. The number of fused-ring (bicyclic) bond motifs is 2. The van der Waals surface area contributed by atoms with Crippen LogP contribution < -0.4 is 32.8 Å². The van der Waals surface area contributed by atoms with Gasteiger partial charge in [-0.2, -0.15) is 8.62 Å². The molecule has 0 saturated carbocycles. The first-order chi connectivity index (χ1) is 35.1. The lowest BCUT2D eigenvalue weighted by atomic mass is 10.1. The molecule has 0 bridgehead atoms. The van der Waals surface area contributed by atoms with Crippen LogP contribution in [0.15, 0.2) is 45.6 Å². The number of halogens is 1. The minimum atomic E-state index is -6.22. The van der Waals surface area contributed by atoms with Crippen LogP contribution in [0.3, 0.4) is 0 Å². The first-order valence-corrected chi connectivity index (χ1v) is 27.6. The molecule has 16 atom stereocenters. The average Bonchev–Trinajstić information content (AvgIpc) is 4.10. The van der Waals surface area contributed by atoms with E-state index in [0.717, 1.165) is 41.2 Å². The maximum Gasteiger partial charge on any atom is 0.490 e. The lowest BCUT2D eigenvalue weighted by Gasteiger charge is -2.25. The van der Waals surface area contributed by atoms with Gasteiger partial charge in [0.25, 0.3) is 17.1 Å². The monoisotopic (exact) mass is 1150 g/mol. The number of hydrogen-bond acceptors (Lipinski definition) is 26. The van der Waals surface area contributed by atoms with Gasteiger partial charge in [-0.05, 0) is 13.8 Å². The molecule has 0 aliphatic carbocycles. The minimum absolute atomic E-state index is 0.0124. The summed E-state index contributed by atoms with van der Waals surface area (Å²) in [5.74, 6) is -0.447. The molecule has 36 nitrogen and oxygen atoms in total. The fourth-order valence-corrected chi connectivity index (χ4v) is 12.7. The second-order valence-corrected chi connectivity index (χ2v) is 22.9. The molecule has 3 fully saturated rings. The predicted octanol–water partition coefficient (Wildman–Crippen LogP) is -2.47. The van der Waals surface area contributed by atoms with E-state index in [2.05, 4.69) is 33.5 Å². The van der Waals surface area contributed by atoms with Crippen molar-refractivity contribution in [2.24, 2.45) is 7.05 Å². The number of aryl methyl sites for hydroxylation is 1. The van der Waals surface area contributed by atoms with E-state index in [9.17, 15) is 62.4 Å². The van der Waals surface area contributed by atoms with E-state index in [1.165, 1.54) is 22.5 Å². The van der Waals surface area contributed by atoms with Crippen molar-refractivity contribution in [2.45, 2.75) is 93.6 Å². The number of nitrogens with two attached hydrogens (primary N) is 2. The van der Waals surface area contributed by atoms with Gasteiger partial charge in [0.05, 0.1) is 39.3 Å². The van der Waals surface area contributed by atoms with E-state index in [4.69, 9.17) is 53.2 Å². The number of aliphatic hydroxyl groups is 2. The van der Waals surface area contributed by atoms with E-state index in [0.29, 0.717) is 0 Å². The quantitative estimate of drug-likeness (QED) is 0.0269. The average molecular weight is 1150 g/mol. The fraction of sp³-hybridized carbons (Fsp3) is 0.588. The lowest BCUT2D eigenvalue weighted by molar-refractivity contribution is -0.745. The van der Waals surface area contributed by atoms with E-state index in [1.54, 1.807) is 13.8 Å². The molecule has 8 heterocycles. The highest BCUT2D eigenvalue weighted by molar-refractivity contribution is 7.66. The van der Waals surface area contributed by atoms with Crippen LogP contribution in [0.5, 0.6) is 0 Å². The third kappa shape index (κ3) is 12.2. The second-order valence-electron chi connectivity index (χ2n) is 16.8. The summed E-state index contributed by atoms with van der Waals surface area (Å²) in [5.41, 5.74) is 8.91. The Kier molecular flexibility index (Phi) is 16.3. The number of ether oxygens (including phenoxy) is 5. The summed E-state index contributed by atoms with van der Waals surface area (Å²) in [6.07, 6.45) is -17.0. The standard InChI is InChI=1S/C34H47FN12O24P4/c1-13(2)65-25-16(68-31(22(25)50)45-6-5-17(48)41-34(45)52)9-62-72(53,54)69-23-14(66-30(18(23)35)46-11-40-19-26(36)38-10-39-27(19)46)7-63-73(55,56)70-75(59,60)71-74(57,58)64-8-15-24(61-4)21(49)32(67-15)47-12-44(3)20-28(47)42-33(37)43-29(20)51/h5-6,10-16,18,21-25,30-32,49-50H,7-9H2,1-4H3,(H9-,36,37,38,39,41,42,43,48,51,52,53,54,55,56,57,58,59,60)/p+1/t14-,15-,16-,18?,21?,22?,23+,24+,25+,30-,31-,32-/m1/s1. The number of H-pyrrole nitrogens is 2. The molecule has 3 aliphatic rings. The Morgan fingerprint density at radius 3 is 2.05 bits per heavy atom. The summed E-state index contributed by atoms with van der Waals surface area (Å²) in [6, 6.07) is 0.959. The van der Waals surface area contributed by atoms with Crippen molar-refractivity contribution in [3.05, 3.63) is 62.4 Å². The first-order valence-electron chi connectivity index (χ1n) is 21.6. The zero-order valence-corrected chi connectivity index (χ0v) is 42.5. The third-order valence-electron chi connectivity index (χ3n) is 11.3. The van der Waals surface area contributed by atoms with Gasteiger partial charge in [-0.15, -0.1) is 0 Å². The zero-order valence-electron chi connectivity index (χ0n) is 38.9. The third-order valence-corrected chi connectivity index (χ3v) is 16.5. The number of phosphoric ester groups is 3. The number of aliphatic hydroxyl groups excluding tert-OH is 2. The van der Waals surface area contributed by atoms with E-state index in [-0.39, 0.29) is 34.1 Å². The highest BCUT2D eigenvalue weighted by Gasteiger charge is 2.54. The van der Waals surface area contributed by atoms with E-state index < -0.39 is 148 Å². The molecule has 8 rings (SSSR count). The van der Waals surface area contributed by atoms with Crippen LogP contribution in [0.4, 0.5) is 16.2 Å². The first kappa shape index (κ1) is 56.6. The van der Waals surface area contributed by atoms with Gasteiger partial charge in [0.15, 0.2) is 36.4 Å². The maximum absolute atomic E-state index is 16.6. The van der Waals surface area contributed by atoms with Gasteiger partial charge in [-0.3, -0.25) is 51.4 Å². The summed E-state index contributed by atoms with van der Waals surface area (Å²) in [4.78, 5) is 99.2. The molecule has 0 amide bonds. The van der Waals surface area contributed by atoms with Gasteiger partial charge < -0.3 is 64.9 Å².